The number of nitrogens with zero attached hydrogens (tertiary/aromatic N) is 2. The second-order valence-electron chi connectivity index (χ2n) is 4.76. The molecular weight excluding hydrogens is 236 g/mol. The first-order valence-electron chi connectivity index (χ1n) is 6.21. The standard InChI is InChI=1S/C12H19ClN4/c1-8(9-5-3-2-4-6-9)16-11-10(13)7-15-12(14)17-11/h7-9H,2-6H2,1H3,(H3,14,15,16,17). The Bertz CT molecular complexity index is 377. The van der Waals surface area contributed by atoms with E-state index in [0.717, 1.165) is 0 Å². The highest BCUT2D eigenvalue weighted by molar-refractivity contribution is 6.32. The van der Waals surface area contributed by atoms with Crippen LogP contribution in [-0.2, 0) is 0 Å². The number of nitrogen functional groups attached to an aromatic ring is 1. The Labute approximate surface area is 107 Å². The van der Waals surface area contributed by atoms with E-state index in [1.165, 1.54) is 32.1 Å². The predicted octanol–water partition coefficient (Wildman–Crippen LogP) is 3.09. The summed E-state index contributed by atoms with van der Waals surface area (Å²) in [6.45, 7) is 2.19. The van der Waals surface area contributed by atoms with Crippen LogP contribution in [0.15, 0.2) is 6.20 Å². The average molecular weight is 255 g/mol. The van der Waals surface area contributed by atoms with Crippen molar-refractivity contribution in [2.45, 2.75) is 45.1 Å². The molecule has 1 fully saturated rings. The van der Waals surface area contributed by atoms with Crippen LogP contribution in [0.2, 0.25) is 5.02 Å². The third-order valence-corrected chi connectivity index (χ3v) is 3.76. The van der Waals surface area contributed by atoms with Gasteiger partial charge in [0.1, 0.15) is 5.02 Å². The fourth-order valence-electron chi connectivity index (χ4n) is 2.45. The van der Waals surface area contributed by atoms with Crippen molar-refractivity contribution in [3.05, 3.63) is 11.2 Å². The van der Waals surface area contributed by atoms with Gasteiger partial charge in [0, 0.05) is 6.04 Å². The number of rotatable bonds is 3. The summed E-state index contributed by atoms with van der Waals surface area (Å²) in [5, 5.41) is 3.89. The average Bonchev–Trinajstić information content (AvgIpc) is 2.35. The highest BCUT2D eigenvalue weighted by atomic mass is 35.5. The molecule has 3 N–H and O–H groups in total. The molecule has 94 valence electrons. The summed E-state index contributed by atoms with van der Waals surface area (Å²) in [5.41, 5.74) is 5.56. The Morgan fingerprint density at radius 3 is 2.82 bits per heavy atom. The van der Waals surface area contributed by atoms with Crippen LogP contribution in [0.1, 0.15) is 39.0 Å². The topological polar surface area (TPSA) is 63.8 Å². The van der Waals surface area contributed by atoms with Crippen molar-refractivity contribution < 1.29 is 0 Å². The van der Waals surface area contributed by atoms with E-state index in [-0.39, 0.29) is 5.95 Å². The number of nitrogens with one attached hydrogen (secondary N) is 1. The summed E-state index contributed by atoms with van der Waals surface area (Å²) in [6, 6.07) is 0.377. The van der Waals surface area contributed by atoms with Gasteiger partial charge in [0.15, 0.2) is 5.82 Å². The summed E-state index contributed by atoms with van der Waals surface area (Å²) >= 11 is 6.04. The summed E-state index contributed by atoms with van der Waals surface area (Å²) in [5.74, 6) is 1.61. The summed E-state index contributed by atoms with van der Waals surface area (Å²) < 4.78 is 0. The van der Waals surface area contributed by atoms with Gasteiger partial charge in [-0.05, 0) is 25.7 Å². The van der Waals surface area contributed by atoms with Crippen molar-refractivity contribution in [1.29, 1.82) is 0 Å². The van der Waals surface area contributed by atoms with Gasteiger partial charge in [-0.3, -0.25) is 0 Å². The summed E-state index contributed by atoms with van der Waals surface area (Å²) in [6.07, 6.45) is 8.13. The second-order valence-corrected chi connectivity index (χ2v) is 5.16. The SMILES string of the molecule is CC(Nc1nc(N)ncc1Cl)C1CCCCC1. The zero-order chi connectivity index (χ0) is 12.3. The molecule has 2 rings (SSSR count). The van der Waals surface area contributed by atoms with Crippen LogP contribution < -0.4 is 11.1 Å². The van der Waals surface area contributed by atoms with Gasteiger partial charge in [-0.15, -0.1) is 0 Å². The van der Waals surface area contributed by atoms with Crippen LogP contribution in [0.3, 0.4) is 0 Å². The number of aromatic nitrogens is 2. The molecule has 0 spiro atoms. The first kappa shape index (κ1) is 12.4. The molecule has 1 unspecified atom stereocenters. The van der Waals surface area contributed by atoms with Gasteiger partial charge < -0.3 is 11.1 Å². The molecule has 0 aromatic carbocycles. The molecule has 4 nitrogen and oxygen atoms in total. The molecule has 1 atom stereocenters. The van der Waals surface area contributed by atoms with Crippen molar-refractivity contribution >= 4 is 23.4 Å². The Morgan fingerprint density at radius 2 is 2.12 bits per heavy atom. The maximum Gasteiger partial charge on any atom is 0.222 e. The van der Waals surface area contributed by atoms with E-state index >= 15 is 0 Å². The molecule has 1 aliphatic rings. The van der Waals surface area contributed by atoms with Gasteiger partial charge in [-0.2, -0.15) is 4.98 Å². The quantitative estimate of drug-likeness (QED) is 0.870. The minimum Gasteiger partial charge on any atom is -0.368 e. The molecule has 0 saturated heterocycles. The Hall–Kier alpha value is -1.03. The first-order valence-corrected chi connectivity index (χ1v) is 6.59. The first-order chi connectivity index (χ1) is 8.16. The Balaban J connectivity index is 2.01. The minimum absolute atomic E-state index is 0.257. The summed E-state index contributed by atoms with van der Waals surface area (Å²) in [4.78, 5) is 7.99. The monoisotopic (exact) mass is 254 g/mol. The Morgan fingerprint density at radius 1 is 1.41 bits per heavy atom. The molecular formula is C12H19ClN4. The van der Waals surface area contributed by atoms with Crippen molar-refractivity contribution in [1.82, 2.24) is 9.97 Å². The van der Waals surface area contributed by atoms with Crippen LogP contribution in [0.25, 0.3) is 0 Å². The predicted molar refractivity (Wildman–Crippen MR) is 71.1 cm³/mol. The van der Waals surface area contributed by atoms with Crippen molar-refractivity contribution in [2.75, 3.05) is 11.1 Å². The van der Waals surface area contributed by atoms with Gasteiger partial charge in [-0.1, -0.05) is 30.9 Å². The molecule has 1 saturated carbocycles. The molecule has 1 aliphatic carbocycles. The molecule has 0 bridgehead atoms. The van der Waals surface area contributed by atoms with Crippen molar-refractivity contribution in [2.24, 2.45) is 5.92 Å². The van der Waals surface area contributed by atoms with E-state index in [4.69, 9.17) is 17.3 Å². The maximum atomic E-state index is 6.04. The lowest BCUT2D eigenvalue weighted by Gasteiger charge is -2.28. The van der Waals surface area contributed by atoms with E-state index in [2.05, 4.69) is 22.2 Å². The van der Waals surface area contributed by atoms with Crippen LogP contribution in [0, 0.1) is 5.92 Å². The smallest absolute Gasteiger partial charge is 0.222 e. The number of anilines is 2. The third-order valence-electron chi connectivity index (χ3n) is 3.48. The van der Waals surface area contributed by atoms with Gasteiger partial charge in [0.25, 0.3) is 0 Å². The fraction of sp³-hybridized carbons (Fsp3) is 0.667. The van der Waals surface area contributed by atoms with Gasteiger partial charge in [0.05, 0.1) is 6.20 Å². The van der Waals surface area contributed by atoms with E-state index in [9.17, 15) is 0 Å². The normalized spacial score (nSPS) is 18.9. The molecule has 0 radical (unpaired) electrons. The number of hydrogen-bond acceptors (Lipinski definition) is 4. The van der Waals surface area contributed by atoms with E-state index < -0.39 is 0 Å². The molecule has 0 amide bonds. The number of nitrogens with two attached hydrogens (primary N) is 1. The van der Waals surface area contributed by atoms with E-state index in [1.807, 2.05) is 0 Å². The Kier molecular flexibility index (Phi) is 4.05. The van der Waals surface area contributed by atoms with Crippen LogP contribution >= 0.6 is 11.6 Å². The van der Waals surface area contributed by atoms with Gasteiger partial charge in [0.2, 0.25) is 5.95 Å². The minimum atomic E-state index is 0.257. The molecule has 0 aliphatic heterocycles. The van der Waals surface area contributed by atoms with Gasteiger partial charge in [-0.25, -0.2) is 4.98 Å². The number of halogens is 1. The lowest BCUT2D eigenvalue weighted by Crippen LogP contribution is -2.28. The largest absolute Gasteiger partial charge is 0.368 e. The van der Waals surface area contributed by atoms with Crippen molar-refractivity contribution in [3.8, 4) is 0 Å². The fourth-order valence-corrected chi connectivity index (χ4v) is 2.60. The highest BCUT2D eigenvalue weighted by Crippen LogP contribution is 2.29. The lowest BCUT2D eigenvalue weighted by atomic mass is 9.84. The number of hydrogen-bond donors (Lipinski definition) is 2. The van der Waals surface area contributed by atoms with E-state index in [0.29, 0.717) is 22.8 Å². The van der Waals surface area contributed by atoms with Crippen LogP contribution in [-0.4, -0.2) is 16.0 Å². The van der Waals surface area contributed by atoms with Crippen LogP contribution in [0.5, 0.6) is 0 Å². The van der Waals surface area contributed by atoms with E-state index in [1.54, 1.807) is 6.20 Å². The third kappa shape index (κ3) is 3.22. The van der Waals surface area contributed by atoms with Gasteiger partial charge >= 0.3 is 0 Å². The summed E-state index contributed by atoms with van der Waals surface area (Å²) in [7, 11) is 0. The zero-order valence-corrected chi connectivity index (χ0v) is 10.9. The highest BCUT2D eigenvalue weighted by Gasteiger charge is 2.20. The maximum absolute atomic E-state index is 6.04. The van der Waals surface area contributed by atoms with Crippen molar-refractivity contribution in [3.63, 3.8) is 0 Å². The lowest BCUT2D eigenvalue weighted by molar-refractivity contribution is 0.328. The molecule has 1 heterocycles. The second kappa shape index (κ2) is 5.54. The molecule has 5 heteroatoms. The zero-order valence-electron chi connectivity index (χ0n) is 10.1. The molecule has 17 heavy (non-hydrogen) atoms. The molecule has 1 aromatic heterocycles. The van der Waals surface area contributed by atoms with Crippen LogP contribution in [0.4, 0.5) is 11.8 Å². The molecule has 1 aromatic rings.